The van der Waals surface area contributed by atoms with E-state index in [1.165, 1.54) is 7.11 Å². The van der Waals surface area contributed by atoms with Gasteiger partial charge < -0.3 is 14.8 Å². The third kappa shape index (κ3) is 3.91. The van der Waals surface area contributed by atoms with Gasteiger partial charge in [0.1, 0.15) is 5.92 Å². The van der Waals surface area contributed by atoms with Gasteiger partial charge in [0.2, 0.25) is 0 Å². The Morgan fingerprint density at radius 1 is 1.17 bits per heavy atom. The summed E-state index contributed by atoms with van der Waals surface area (Å²) < 4.78 is 10.4. The highest BCUT2D eigenvalue weighted by atomic mass is 16.5. The van der Waals surface area contributed by atoms with Crippen LogP contribution in [0.4, 0.5) is 0 Å². The van der Waals surface area contributed by atoms with E-state index in [4.69, 9.17) is 9.47 Å². The molecule has 1 aliphatic carbocycles. The average Bonchev–Trinajstić information content (AvgIpc) is 2.71. The Balaban J connectivity index is 2.15. The second-order valence-corrected chi connectivity index (χ2v) is 8.08. The molecule has 0 fully saturated rings. The lowest BCUT2D eigenvalue weighted by atomic mass is 9.69. The van der Waals surface area contributed by atoms with Gasteiger partial charge in [0, 0.05) is 22.9 Å². The molecule has 160 valence electrons. The van der Waals surface area contributed by atoms with E-state index in [9.17, 15) is 14.4 Å². The molecule has 0 spiro atoms. The summed E-state index contributed by atoms with van der Waals surface area (Å²) in [7, 11) is 1.29. The molecule has 6 nitrogen and oxygen atoms in total. The van der Waals surface area contributed by atoms with Crippen molar-refractivity contribution in [1.29, 1.82) is 0 Å². The van der Waals surface area contributed by atoms with Gasteiger partial charge in [-0.15, -0.1) is 0 Å². The van der Waals surface area contributed by atoms with Gasteiger partial charge >= 0.3 is 11.9 Å². The minimum absolute atomic E-state index is 0.198. The van der Waals surface area contributed by atoms with Crippen molar-refractivity contribution in [2.45, 2.75) is 46.5 Å². The fourth-order valence-electron chi connectivity index (χ4n) is 4.32. The maximum Gasteiger partial charge on any atom is 0.336 e. The zero-order valence-corrected chi connectivity index (χ0v) is 18.2. The summed E-state index contributed by atoms with van der Waals surface area (Å²) >= 11 is 0. The second kappa shape index (κ2) is 8.86. The number of allylic oxidation sites excluding steroid dienone is 3. The number of ether oxygens (including phenoxy) is 2. The first-order valence-corrected chi connectivity index (χ1v) is 10.4. The van der Waals surface area contributed by atoms with Crippen LogP contribution < -0.4 is 5.32 Å². The summed E-state index contributed by atoms with van der Waals surface area (Å²) in [5.74, 6) is -2.94. The third-order valence-electron chi connectivity index (χ3n) is 5.81. The number of Topliss-reactive ketones (excluding diaryl/α,β-unsaturated/α-hetero) is 1. The minimum Gasteiger partial charge on any atom is -0.468 e. The molecule has 0 saturated carbocycles. The Bertz CT molecular complexity index is 925. The van der Waals surface area contributed by atoms with Gasteiger partial charge in [0.25, 0.3) is 0 Å². The maximum atomic E-state index is 13.5. The van der Waals surface area contributed by atoms with Crippen LogP contribution in [-0.2, 0) is 23.9 Å². The molecule has 3 rings (SSSR count). The second-order valence-electron chi connectivity index (χ2n) is 8.08. The quantitative estimate of drug-likeness (QED) is 0.589. The fourth-order valence-corrected chi connectivity index (χ4v) is 4.32. The van der Waals surface area contributed by atoms with E-state index in [-0.39, 0.29) is 11.7 Å². The molecule has 0 unspecified atom stereocenters. The number of methoxy groups -OCH3 is 1. The highest BCUT2D eigenvalue weighted by molar-refractivity contribution is 6.12. The number of aryl methyl sites for hydroxylation is 1. The van der Waals surface area contributed by atoms with Crippen LogP contribution >= 0.6 is 0 Å². The van der Waals surface area contributed by atoms with Crippen molar-refractivity contribution < 1.29 is 23.9 Å². The smallest absolute Gasteiger partial charge is 0.336 e. The van der Waals surface area contributed by atoms with E-state index in [1.807, 2.05) is 52.0 Å². The monoisotopic (exact) mass is 411 g/mol. The van der Waals surface area contributed by atoms with Gasteiger partial charge in [-0.1, -0.05) is 43.7 Å². The highest BCUT2D eigenvalue weighted by Crippen LogP contribution is 2.45. The van der Waals surface area contributed by atoms with Crippen molar-refractivity contribution in [3.8, 4) is 0 Å². The topological polar surface area (TPSA) is 81.7 Å². The molecular weight excluding hydrogens is 382 g/mol. The summed E-state index contributed by atoms with van der Waals surface area (Å²) in [6, 6.07) is 7.76. The number of carbonyl (C=O) groups excluding carboxylic acids is 3. The number of nitrogens with one attached hydrogen (secondary N) is 1. The first-order chi connectivity index (χ1) is 14.3. The van der Waals surface area contributed by atoms with Crippen LogP contribution in [0.5, 0.6) is 0 Å². The van der Waals surface area contributed by atoms with E-state index in [0.717, 1.165) is 16.8 Å². The Kier molecular flexibility index (Phi) is 6.44. The van der Waals surface area contributed by atoms with Crippen LogP contribution in [0.25, 0.3) is 0 Å². The number of esters is 2. The normalized spacial score (nSPS) is 23.6. The Morgan fingerprint density at radius 2 is 1.83 bits per heavy atom. The standard InChI is InChI=1S/C24H29NO5/c1-6-11-30-24(28)19-15(4)25-17-12-14(3)18(23(27)29-5)22(26)21(17)20(19)16-9-7-13(2)8-10-16/h7-10,14,18,20,25H,6,11-12H2,1-5H3/t14-,18-,20-/m1/s1. The van der Waals surface area contributed by atoms with E-state index in [0.29, 0.717) is 36.3 Å². The predicted octanol–water partition coefficient (Wildman–Crippen LogP) is 3.56. The molecule has 6 heteroatoms. The number of dihydropyridines is 1. The number of ketones is 1. The lowest BCUT2D eigenvalue weighted by Gasteiger charge is -2.38. The Labute approximate surface area is 177 Å². The molecule has 1 N–H and O–H groups in total. The van der Waals surface area contributed by atoms with E-state index in [1.54, 1.807) is 0 Å². The molecule has 0 aromatic heterocycles. The van der Waals surface area contributed by atoms with Gasteiger partial charge in [-0.3, -0.25) is 9.59 Å². The molecule has 1 aliphatic heterocycles. The summed E-state index contributed by atoms with van der Waals surface area (Å²) in [6.07, 6.45) is 1.23. The maximum absolute atomic E-state index is 13.5. The van der Waals surface area contributed by atoms with Gasteiger partial charge in [0.05, 0.1) is 19.3 Å². The van der Waals surface area contributed by atoms with Gasteiger partial charge in [-0.25, -0.2) is 4.79 Å². The van der Waals surface area contributed by atoms with Crippen molar-refractivity contribution in [3.05, 3.63) is 57.9 Å². The lowest BCUT2D eigenvalue weighted by Crippen LogP contribution is -2.43. The average molecular weight is 411 g/mol. The van der Waals surface area contributed by atoms with Crippen molar-refractivity contribution in [2.24, 2.45) is 11.8 Å². The lowest BCUT2D eigenvalue weighted by molar-refractivity contribution is -0.151. The molecule has 0 amide bonds. The SMILES string of the molecule is CCCOC(=O)C1=C(C)NC2=C(C(=O)[C@H](C(=O)OC)[C@H](C)C2)[C@@H]1c1ccc(C)cc1. The van der Waals surface area contributed by atoms with Gasteiger partial charge in [-0.2, -0.15) is 0 Å². The first kappa shape index (κ1) is 21.8. The molecule has 1 aromatic rings. The molecule has 0 bridgehead atoms. The summed E-state index contributed by atoms with van der Waals surface area (Å²) in [5, 5.41) is 3.26. The van der Waals surface area contributed by atoms with E-state index < -0.39 is 23.8 Å². The zero-order chi connectivity index (χ0) is 22.0. The zero-order valence-electron chi connectivity index (χ0n) is 18.2. The molecular formula is C24H29NO5. The van der Waals surface area contributed by atoms with Crippen molar-refractivity contribution in [2.75, 3.05) is 13.7 Å². The van der Waals surface area contributed by atoms with Crippen LogP contribution in [0.1, 0.15) is 50.7 Å². The van der Waals surface area contributed by atoms with Crippen molar-refractivity contribution in [3.63, 3.8) is 0 Å². The molecule has 1 aromatic carbocycles. The molecule has 1 heterocycles. The van der Waals surface area contributed by atoms with Crippen LogP contribution in [0.15, 0.2) is 46.8 Å². The predicted molar refractivity (Wildman–Crippen MR) is 112 cm³/mol. The van der Waals surface area contributed by atoms with Crippen LogP contribution in [0, 0.1) is 18.8 Å². The molecule has 3 atom stereocenters. The van der Waals surface area contributed by atoms with Crippen molar-refractivity contribution in [1.82, 2.24) is 5.32 Å². The third-order valence-corrected chi connectivity index (χ3v) is 5.81. The number of benzene rings is 1. The highest BCUT2D eigenvalue weighted by Gasteiger charge is 2.47. The van der Waals surface area contributed by atoms with Gasteiger partial charge in [-0.05, 0) is 38.2 Å². The minimum atomic E-state index is -0.880. The van der Waals surface area contributed by atoms with E-state index >= 15 is 0 Å². The van der Waals surface area contributed by atoms with Crippen molar-refractivity contribution >= 4 is 17.7 Å². The molecule has 0 radical (unpaired) electrons. The summed E-state index contributed by atoms with van der Waals surface area (Å²) in [5.41, 5.74) is 4.22. The number of hydrogen-bond donors (Lipinski definition) is 1. The Hall–Kier alpha value is -2.89. The molecule has 30 heavy (non-hydrogen) atoms. The molecule has 0 saturated heterocycles. The number of rotatable bonds is 5. The number of carbonyl (C=O) groups is 3. The van der Waals surface area contributed by atoms with E-state index in [2.05, 4.69) is 5.32 Å². The van der Waals surface area contributed by atoms with Crippen LogP contribution in [0.2, 0.25) is 0 Å². The van der Waals surface area contributed by atoms with Crippen LogP contribution in [-0.4, -0.2) is 31.4 Å². The first-order valence-electron chi connectivity index (χ1n) is 10.4. The summed E-state index contributed by atoms with van der Waals surface area (Å²) in [4.78, 5) is 38.9. The van der Waals surface area contributed by atoms with Crippen LogP contribution in [0.3, 0.4) is 0 Å². The summed E-state index contributed by atoms with van der Waals surface area (Å²) in [6.45, 7) is 7.91. The largest absolute Gasteiger partial charge is 0.468 e. The Morgan fingerprint density at radius 3 is 2.43 bits per heavy atom. The fraction of sp³-hybridized carbons (Fsp3) is 0.458. The number of hydrogen-bond acceptors (Lipinski definition) is 6. The molecule has 2 aliphatic rings. The van der Waals surface area contributed by atoms with Gasteiger partial charge in [0.15, 0.2) is 5.78 Å².